The molecule has 0 N–H and O–H groups in total. The molecule has 0 spiro atoms. The average molecular weight is 253 g/mol. The molecule has 0 fully saturated rings. The molecule has 0 aliphatic rings. The Morgan fingerprint density at radius 1 is 1.44 bits per heavy atom. The molecule has 0 atom stereocenters. The molecule has 0 aliphatic heterocycles. The van der Waals surface area contributed by atoms with E-state index in [4.69, 9.17) is 11.6 Å². The van der Waals surface area contributed by atoms with E-state index in [1.54, 1.807) is 0 Å². The number of halogens is 4. The summed E-state index contributed by atoms with van der Waals surface area (Å²) >= 11 is 5.32. The number of ketones is 1. The number of carbonyl (C=O) groups excluding carboxylic acids is 1. The molecule has 0 amide bonds. The molecule has 1 rings (SSSR count). The Labute approximate surface area is 95.0 Å². The predicted molar refractivity (Wildman–Crippen MR) is 52.7 cm³/mol. The van der Waals surface area contributed by atoms with Crippen molar-refractivity contribution in [2.24, 2.45) is 0 Å². The van der Waals surface area contributed by atoms with Crippen molar-refractivity contribution < 1.29 is 22.7 Å². The number of carbonyl (C=O) groups is 1. The number of Topliss-reactive ketones (excluding diaryl/α,β-unsaturated/α-hetero) is 1. The summed E-state index contributed by atoms with van der Waals surface area (Å²) in [6, 6.07) is 3.29. The Hall–Kier alpha value is -1.23. The lowest BCUT2D eigenvalue weighted by atomic mass is 10.1. The predicted octanol–water partition coefficient (Wildman–Crippen LogP) is 3.24. The molecule has 0 aromatic heterocycles. The molecule has 1 aromatic rings. The van der Waals surface area contributed by atoms with Gasteiger partial charge in [0.1, 0.15) is 11.6 Å². The van der Waals surface area contributed by atoms with E-state index < -0.39 is 29.5 Å². The van der Waals surface area contributed by atoms with Gasteiger partial charge in [0.2, 0.25) is 0 Å². The lowest BCUT2D eigenvalue weighted by Crippen LogP contribution is -2.10. The fourth-order valence-corrected chi connectivity index (χ4v) is 1.35. The lowest BCUT2D eigenvalue weighted by Gasteiger charge is -2.09. The summed E-state index contributed by atoms with van der Waals surface area (Å²) in [5, 5.41) is 0. The molecule has 6 heteroatoms. The van der Waals surface area contributed by atoms with Crippen molar-refractivity contribution in [3.8, 4) is 5.75 Å². The zero-order valence-electron chi connectivity index (χ0n) is 8.05. The van der Waals surface area contributed by atoms with Crippen LogP contribution in [-0.2, 0) is 0 Å². The Morgan fingerprint density at radius 3 is 2.69 bits per heavy atom. The normalized spacial score (nSPS) is 10.6. The number of benzene rings is 1. The standard InChI is InChI=1S/C10H8ClF3O2/c11-5-4-7(15)9-6(12)2-1-3-8(9)16-10(13)14/h1-3,10H,4-5H2. The van der Waals surface area contributed by atoms with Gasteiger partial charge in [-0.05, 0) is 12.1 Å². The molecule has 1 aromatic carbocycles. The van der Waals surface area contributed by atoms with Crippen molar-refractivity contribution >= 4 is 17.4 Å². The summed E-state index contributed by atoms with van der Waals surface area (Å²) in [5.74, 6) is -2.04. The Kier molecular flexibility index (Phi) is 4.61. The van der Waals surface area contributed by atoms with Gasteiger partial charge in [-0.1, -0.05) is 6.07 Å². The van der Waals surface area contributed by atoms with Crippen molar-refractivity contribution in [3.05, 3.63) is 29.6 Å². The van der Waals surface area contributed by atoms with E-state index in [1.165, 1.54) is 6.07 Å². The number of alkyl halides is 3. The molecule has 0 saturated carbocycles. The highest BCUT2D eigenvalue weighted by atomic mass is 35.5. The number of ether oxygens (including phenoxy) is 1. The van der Waals surface area contributed by atoms with E-state index in [0.717, 1.165) is 12.1 Å². The maximum absolute atomic E-state index is 13.3. The molecular weight excluding hydrogens is 245 g/mol. The first-order valence-corrected chi connectivity index (χ1v) is 4.92. The third-order valence-electron chi connectivity index (χ3n) is 1.79. The second-order valence-corrected chi connectivity index (χ2v) is 3.23. The third kappa shape index (κ3) is 3.13. The highest BCUT2D eigenvalue weighted by Crippen LogP contribution is 2.24. The first-order chi connectivity index (χ1) is 7.56. The number of rotatable bonds is 5. The summed E-state index contributed by atoms with van der Waals surface area (Å²) in [6.45, 7) is -3.11. The van der Waals surface area contributed by atoms with Crippen LogP contribution in [0.5, 0.6) is 5.75 Å². The van der Waals surface area contributed by atoms with E-state index in [1.807, 2.05) is 0 Å². The average Bonchev–Trinajstić information content (AvgIpc) is 2.16. The third-order valence-corrected chi connectivity index (χ3v) is 1.98. The van der Waals surface area contributed by atoms with Gasteiger partial charge in [0.15, 0.2) is 5.78 Å². The monoisotopic (exact) mass is 252 g/mol. The molecule has 88 valence electrons. The first-order valence-electron chi connectivity index (χ1n) is 4.38. The summed E-state index contributed by atoms with van der Waals surface area (Å²) in [5.41, 5.74) is -0.483. The van der Waals surface area contributed by atoms with Crippen molar-refractivity contribution in [2.75, 3.05) is 5.88 Å². The lowest BCUT2D eigenvalue weighted by molar-refractivity contribution is -0.0503. The van der Waals surface area contributed by atoms with E-state index in [-0.39, 0.29) is 12.3 Å². The summed E-state index contributed by atoms with van der Waals surface area (Å²) < 4.78 is 41.3. The quantitative estimate of drug-likeness (QED) is 0.594. The molecule has 16 heavy (non-hydrogen) atoms. The van der Waals surface area contributed by atoms with E-state index in [2.05, 4.69) is 4.74 Å². The van der Waals surface area contributed by atoms with Crippen LogP contribution in [0.4, 0.5) is 13.2 Å². The second kappa shape index (κ2) is 5.75. The van der Waals surface area contributed by atoms with Crippen LogP contribution in [0, 0.1) is 5.82 Å². The zero-order valence-corrected chi connectivity index (χ0v) is 8.81. The fraction of sp³-hybridized carbons (Fsp3) is 0.300. The van der Waals surface area contributed by atoms with Gasteiger partial charge in [-0.25, -0.2) is 4.39 Å². The van der Waals surface area contributed by atoms with Crippen LogP contribution in [0.1, 0.15) is 16.8 Å². The van der Waals surface area contributed by atoms with Gasteiger partial charge in [0.05, 0.1) is 5.56 Å². The highest BCUT2D eigenvalue weighted by molar-refractivity contribution is 6.19. The van der Waals surface area contributed by atoms with Crippen LogP contribution in [-0.4, -0.2) is 18.3 Å². The smallest absolute Gasteiger partial charge is 0.387 e. The summed E-state index contributed by atoms with van der Waals surface area (Å²) in [6.07, 6.45) is -0.137. The second-order valence-electron chi connectivity index (χ2n) is 2.85. The Bertz CT molecular complexity index is 382. The maximum atomic E-state index is 13.3. The molecule has 0 bridgehead atoms. The maximum Gasteiger partial charge on any atom is 0.387 e. The largest absolute Gasteiger partial charge is 0.434 e. The van der Waals surface area contributed by atoms with Crippen molar-refractivity contribution in [1.29, 1.82) is 0 Å². The molecular formula is C10H8ClF3O2. The highest BCUT2D eigenvalue weighted by Gasteiger charge is 2.19. The van der Waals surface area contributed by atoms with Gasteiger partial charge in [-0.3, -0.25) is 4.79 Å². The van der Waals surface area contributed by atoms with Gasteiger partial charge in [0.25, 0.3) is 0 Å². The molecule has 0 heterocycles. The van der Waals surface area contributed by atoms with Crippen molar-refractivity contribution in [1.82, 2.24) is 0 Å². The van der Waals surface area contributed by atoms with Crippen LogP contribution in [0.2, 0.25) is 0 Å². The molecule has 2 nitrogen and oxygen atoms in total. The Balaban J connectivity index is 3.07. The van der Waals surface area contributed by atoms with Crippen LogP contribution in [0.15, 0.2) is 18.2 Å². The SMILES string of the molecule is O=C(CCCl)c1c(F)cccc1OC(F)F. The topological polar surface area (TPSA) is 26.3 Å². The van der Waals surface area contributed by atoms with Gasteiger partial charge < -0.3 is 4.74 Å². The van der Waals surface area contributed by atoms with Crippen LogP contribution >= 0.6 is 11.6 Å². The number of hydrogen-bond acceptors (Lipinski definition) is 2. The van der Waals surface area contributed by atoms with E-state index in [9.17, 15) is 18.0 Å². The minimum absolute atomic E-state index is 0.0126. The number of hydrogen-bond donors (Lipinski definition) is 0. The van der Waals surface area contributed by atoms with Crippen LogP contribution in [0.25, 0.3) is 0 Å². The van der Waals surface area contributed by atoms with Gasteiger partial charge >= 0.3 is 6.61 Å². The van der Waals surface area contributed by atoms with Gasteiger partial charge in [-0.2, -0.15) is 8.78 Å². The molecule has 0 radical (unpaired) electrons. The summed E-state index contributed by atoms with van der Waals surface area (Å²) in [4.78, 5) is 11.4. The van der Waals surface area contributed by atoms with Gasteiger partial charge in [0, 0.05) is 12.3 Å². The molecule has 0 unspecified atom stereocenters. The fourth-order valence-electron chi connectivity index (χ4n) is 1.18. The zero-order chi connectivity index (χ0) is 12.1. The van der Waals surface area contributed by atoms with Crippen molar-refractivity contribution in [3.63, 3.8) is 0 Å². The molecule has 0 aliphatic carbocycles. The first kappa shape index (κ1) is 12.8. The van der Waals surface area contributed by atoms with E-state index >= 15 is 0 Å². The Morgan fingerprint density at radius 2 is 2.12 bits per heavy atom. The van der Waals surface area contributed by atoms with E-state index in [0.29, 0.717) is 0 Å². The van der Waals surface area contributed by atoms with Crippen molar-refractivity contribution in [2.45, 2.75) is 13.0 Å². The van der Waals surface area contributed by atoms with Gasteiger partial charge in [-0.15, -0.1) is 11.6 Å². The minimum atomic E-state index is -3.11. The molecule has 0 saturated heterocycles. The van der Waals surface area contributed by atoms with Crippen LogP contribution < -0.4 is 4.74 Å². The summed E-state index contributed by atoms with van der Waals surface area (Å²) in [7, 11) is 0. The minimum Gasteiger partial charge on any atom is -0.434 e. The van der Waals surface area contributed by atoms with Crippen LogP contribution in [0.3, 0.4) is 0 Å².